The molecule has 0 saturated carbocycles. The molecule has 0 aliphatic carbocycles. The first kappa shape index (κ1) is 23.7. The number of nitrogens with one attached hydrogen (secondary N) is 2. The van der Waals surface area contributed by atoms with E-state index in [1.165, 1.54) is 0 Å². The number of amides is 2. The topological polar surface area (TPSA) is 84.2 Å². The van der Waals surface area contributed by atoms with Crippen LogP contribution in [0.1, 0.15) is 49.2 Å². The van der Waals surface area contributed by atoms with E-state index in [0.717, 1.165) is 5.56 Å². The summed E-state index contributed by atoms with van der Waals surface area (Å²) in [5, 5.41) is 6.02. The Morgan fingerprint density at radius 3 is 2.04 bits per heavy atom. The number of nitrogens with two attached hydrogens (primary N) is 1. The Bertz CT molecular complexity index is 753. The molecule has 2 unspecified atom stereocenters. The van der Waals surface area contributed by atoms with E-state index in [-0.39, 0.29) is 36.6 Å². The zero-order valence-electron chi connectivity index (χ0n) is 16.6. The van der Waals surface area contributed by atoms with Crippen molar-refractivity contribution in [1.29, 1.82) is 0 Å². The summed E-state index contributed by atoms with van der Waals surface area (Å²) in [6.45, 7) is 6.34. The Balaban J connectivity index is 0.00000392. The van der Waals surface area contributed by atoms with Crippen molar-refractivity contribution in [1.82, 2.24) is 10.6 Å². The van der Waals surface area contributed by atoms with Gasteiger partial charge in [-0.15, -0.1) is 12.4 Å². The van der Waals surface area contributed by atoms with Gasteiger partial charge < -0.3 is 16.4 Å². The Morgan fingerprint density at radius 1 is 1.00 bits per heavy atom. The summed E-state index contributed by atoms with van der Waals surface area (Å²) >= 11 is 0. The first-order valence-electron chi connectivity index (χ1n) is 9.27. The van der Waals surface area contributed by atoms with E-state index in [1.54, 1.807) is 12.1 Å². The second kappa shape index (κ2) is 10.8. The maximum Gasteiger partial charge on any atom is 0.251 e. The van der Waals surface area contributed by atoms with Crippen molar-refractivity contribution in [3.8, 4) is 0 Å². The van der Waals surface area contributed by atoms with Crippen LogP contribution in [0.25, 0.3) is 0 Å². The van der Waals surface area contributed by atoms with Crippen molar-refractivity contribution in [3.05, 3.63) is 71.8 Å². The third kappa shape index (κ3) is 6.36. The van der Waals surface area contributed by atoms with E-state index in [1.807, 2.05) is 69.3 Å². The van der Waals surface area contributed by atoms with E-state index < -0.39 is 11.6 Å². The molecule has 5 nitrogen and oxygen atoms in total. The van der Waals surface area contributed by atoms with Crippen LogP contribution in [0.15, 0.2) is 60.7 Å². The van der Waals surface area contributed by atoms with Crippen LogP contribution in [-0.2, 0) is 4.79 Å². The Morgan fingerprint density at radius 2 is 1.54 bits per heavy atom. The van der Waals surface area contributed by atoms with Crippen molar-refractivity contribution < 1.29 is 9.59 Å². The molecule has 2 aromatic carbocycles. The van der Waals surface area contributed by atoms with Gasteiger partial charge in [-0.2, -0.15) is 0 Å². The van der Waals surface area contributed by atoms with Gasteiger partial charge in [0.1, 0.15) is 0 Å². The summed E-state index contributed by atoms with van der Waals surface area (Å²) in [5.74, 6) is -0.151. The fourth-order valence-corrected chi connectivity index (χ4v) is 2.75. The zero-order valence-corrected chi connectivity index (χ0v) is 17.5. The summed E-state index contributed by atoms with van der Waals surface area (Å²) in [6.07, 6.45) is 0.144. The van der Waals surface area contributed by atoms with E-state index in [2.05, 4.69) is 10.6 Å². The van der Waals surface area contributed by atoms with Gasteiger partial charge in [0.15, 0.2) is 0 Å². The van der Waals surface area contributed by atoms with Crippen LogP contribution in [-0.4, -0.2) is 23.9 Å². The van der Waals surface area contributed by atoms with Gasteiger partial charge in [0.05, 0.1) is 18.0 Å². The van der Waals surface area contributed by atoms with E-state index >= 15 is 0 Å². The molecule has 2 atom stereocenters. The smallest absolute Gasteiger partial charge is 0.251 e. The fourth-order valence-electron chi connectivity index (χ4n) is 2.75. The summed E-state index contributed by atoms with van der Waals surface area (Å²) in [5.41, 5.74) is 6.83. The molecule has 0 bridgehead atoms. The van der Waals surface area contributed by atoms with Crippen LogP contribution in [0.2, 0.25) is 0 Å². The predicted molar refractivity (Wildman–Crippen MR) is 115 cm³/mol. The van der Waals surface area contributed by atoms with Crippen LogP contribution in [0.3, 0.4) is 0 Å². The first-order valence-corrected chi connectivity index (χ1v) is 9.27. The molecule has 152 valence electrons. The maximum atomic E-state index is 12.7. The lowest BCUT2D eigenvalue weighted by Crippen LogP contribution is -2.55. The summed E-state index contributed by atoms with van der Waals surface area (Å²) in [6, 6.07) is 18.1. The number of rotatable bonds is 8. The highest BCUT2D eigenvalue weighted by molar-refractivity contribution is 5.94. The molecule has 2 rings (SSSR count). The highest BCUT2D eigenvalue weighted by atomic mass is 35.5. The molecule has 2 amide bonds. The van der Waals surface area contributed by atoms with E-state index in [9.17, 15) is 9.59 Å². The molecular weight excluding hydrogens is 374 g/mol. The first-order chi connectivity index (χ1) is 12.9. The molecule has 0 aromatic heterocycles. The average Bonchev–Trinajstić information content (AvgIpc) is 2.68. The summed E-state index contributed by atoms with van der Waals surface area (Å²) < 4.78 is 0. The van der Waals surface area contributed by atoms with E-state index in [4.69, 9.17) is 5.73 Å². The van der Waals surface area contributed by atoms with Crippen LogP contribution >= 0.6 is 12.4 Å². The third-order valence-electron chi connectivity index (χ3n) is 5.06. The molecule has 0 aliphatic rings. The molecule has 0 spiro atoms. The second-order valence-corrected chi connectivity index (χ2v) is 7.33. The van der Waals surface area contributed by atoms with Crippen LogP contribution in [0.4, 0.5) is 0 Å². The number of hydrogen-bond donors (Lipinski definition) is 3. The molecule has 6 heteroatoms. The predicted octanol–water partition coefficient (Wildman–Crippen LogP) is 3.46. The standard InChI is InChI=1S/C22H29N3O2.ClH/c1-16(2)22(3,15-23)25-20(26)14-19(17-10-6-4-7-11-17)24-21(27)18-12-8-5-9-13-18;/h4-13,16,19H,14-15,23H2,1-3H3,(H,24,27)(H,25,26);1H. The van der Waals surface area contributed by atoms with Gasteiger partial charge in [0.2, 0.25) is 5.91 Å². The van der Waals surface area contributed by atoms with Gasteiger partial charge in [-0.25, -0.2) is 0 Å². The minimum absolute atomic E-state index is 0. The fraction of sp³-hybridized carbons (Fsp3) is 0.364. The minimum Gasteiger partial charge on any atom is -0.349 e. The Kier molecular flexibility index (Phi) is 9.16. The highest BCUT2D eigenvalue weighted by Crippen LogP contribution is 2.20. The normalized spacial score (nSPS) is 13.8. The van der Waals surface area contributed by atoms with Crippen LogP contribution in [0, 0.1) is 5.92 Å². The Labute approximate surface area is 173 Å². The SMILES string of the molecule is CC(C)C(C)(CN)NC(=O)CC(NC(=O)c1ccccc1)c1ccccc1.Cl. The number of carbonyl (C=O) groups excluding carboxylic acids is 2. The zero-order chi connectivity index (χ0) is 19.9. The van der Waals surface area contributed by atoms with Gasteiger partial charge in [-0.05, 0) is 30.5 Å². The quantitative estimate of drug-likeness (QED) is 0.631. The van der Waals surface area contributed by atoms with Crippen LogP contribution in [0.5, 0.6) is 0 Å². The average molecular weight is 404 g/mol. The molecule has 28 heavy (non-hydrogen) atoms. The molecule has 0 saturated heterocycles. The van der Waals surface area contributed by atoms with Crippen molar-refractivity contribution in [2.24, 2.45) is 11.7 Å². The van der Waals surface area contributed by atoms with Gasteiger partial charge in [0, 0.05) is 12.1 Å². The minimum atomic E-state index is -0.484. The molecular formula is C22H30ClN3O2. The molecule has 0 heterocycles. The molecule has 0 aliphatic heterocycles. The lowest BCUT2D eigenvalue weighted by atomic mass is 9.88. The maximum absolute atomic E-state index is 12.7. The van der Waals surface area contributed by atoms with E-state index in [0.29, 0.717) is 12.1 Å². The third-order valence-corrected chi connectivity index (χ3v) is 5.06. The van der Waals surface area contributed by atoms with Crippen molar-refractivity contribution in [3.63, 3.8) is 0 Å². The lowest BCUT2D eigenvalue weighted by molar-refractivity contribution is -0.123. The summed E-state index contributed by atoms with van der Waals surface area (Å²) in [7, 11) is 0. The molecule has 0 fully saturated rings. The largest absolute Gasteiger partial charge is 0.349 e. The number of benzene rings is 2. The van der Waals surface area contributed by atoms with Gasteiger partial charge in [-0.3, -0.25) is 9.59 Å². The second-order valence-electron chi connectivity index (χ2n) is 7.33. The van der Waals surface area contributed by atoms with Crippen molar-refractivity contribution >= 4 is 24.2 Å². The van der Waals surface area contributed by atoms with Crippen molar-refractivity contribution in [2.45, 2.75) is 38.8 Å². The van der Waals surface area contributed by atoms with Gasteiger partial charge in [0.25, 0.3) is 5.91 Å². The van der Waals surface area contributed by atoms with Crippen molar-refractivity contribution in [2.75, 3.05) is 6.54 Å². The molecule has 4 N–H and O–H groups in total. The lowest BCUT2D eigenvalue weighted by Gasteiger charge is -2.34. The van der Waals surface area contributed by atoms with Gasteiger partial charge >= 0.3 is 0 Å². The summed E-state index contributed by atoms with van der Waals surface area (Å²) in [4.78, 5) is 25.3. The monoisotopic (exact) mass is 403 g/mol. The van der Waals surface area contributed by atoms with Gasteiger partial charge in [-0.1, -0.05) is 62.4 Å². The Hall–Kier alpha value is -2.37. The number of hydrogen-bond acceptors (Lipinski definition) is 3. The highest BCUT2D eigenvalue weighted by Gasteiger charge is 2.30. The number of carbonyl (C=O) groups is 2. The van der Waals surface area contributed by atoms with Crippen LogP contribution < -0.4 is 16.4 Å². The number of halogens is 1. The molecule has 2 aromatic rings. The molecule has 0 radical (unpaired) electrons.